The van der Waals surface area contributed by atoms with Gasteiger partial charge in [0.2, 0.25) is 5.78 Å². The van der Waals surface area contributed by atoms with Gasteiger partial charge in [-0.05, 0) is 25.5 Å². The Morgan fingerprint density at radius 3 is 2.50 bits per heavy atom. The third kappa shape index (κ3) is 5.32. The lowest BCUT2D eigenvalue weighted by Crippen LogP contribution is -2.37. The van der Waals surface area contributed by atoms with Crippen LogP contribution in [0.2, 0.25) is 0 Å². The van der Waals surface area contributed by atoms with E-state index in [-0.39, 0.29) is 25.4 Å². The Labute approximate surface area is 161 Å². The van der Waals surface area contributed by atoms with Crippen molar-refractivity contribution in [1.29, 1.82) is 0 Å². The molecular formula is C19H23N3O6. The Morgan fingerprint density at radius 1 is 1.18 bits per heavy atom. The van der Waals surface area contributed by atoms with Gasteiger partial charge in [-0.3, -0.25) is 23.9 Å². The first-order valence-corrected chi connectivity index (χ1v) is 8.84. The molecule has 2 rings (SSSR count). The molecule has 0 spiro atoms. The first-order valence-electron chi connectivity index (χ1n) is 8.84. The third-order valence-electron chi connectivity index (χ3n) is 3.93. The lowest BCUT2D eigenvalue weighted by atomic mass is 10.2. The monoisotopic (exact) mass is 389 g/mol. The summed E-state index contributed by atoms with van der Waals surface area (Å²) < 4.78 is 11.4. The van der Waals surface area contributed by atoms with Gasteiger partial charge in [-0.25, -0.2) is 4.79 Å². The molecule has 0 saturated heterocycles. The van der Waals surface area contributed by atoms with E-state index in [1.54, 1.807) is 12.1 Å². The first kappa shape index (κ1) is 20.9. The van der Waals surface area contributed by atoms with Crippen molar-refractivity contribution in [2.45, 2.75) is 33.2 Å². The molecule has 1 aromatic carbocycles. The van der Waals surface area contributed by atoms with E-state index in [0.29, 0.717) is 12.2 Å². The van der Waals surface area contributed by atoms with Gasteiger partial charge in [-0.15, -0.1) is 0 Å². The highest BCUT2D eigenvalue weighted by Gasteiger charge is 2.20. The van der Waals surface area contributed by atoms with Crippen molar-refractivity contribution < 1.29 is 19.1 Å². The second-order valence-corrected chi connectivity index (χ2v) is 6.17. The summed E-state index contributed by atoms with van der Waals surface area (Å²) in [5.41, 5.74) is 4.90. The molecule has 0 unspecified atom stereocenters. The highest BCUT2D eigenvalue weighted by Crippen LogP contribution is 2.11. The summed E-state index contributed by atoms with van der Waals surface area (Å²) >= 11 is 0. The summed E-state index contributed by atoms with van der Waals surface area (Å²) in [7, 11) is 0. The van der Waals surface area contributed by atoms with Crippen molar-refractivity contribution in [3.05, 3.63) is 56.2 Å². The number of nitrogens with two attached hydrogens (primary N) is 1. The highest BCUT2D eigenvalue weighted by atomic mass is 16.5. The molecule has 150 valence electrons. The number of aromatic amines is 1. The summed E-state index contributed by atoms with van der Waals surface area (Å²) in [6, 6.07) is 7.33. The number of esters is 1. The number of nitrogen functional groups attached to an aromatic ring is 1. The fourth-order valence-electron chi connectivity index (χ4n) is 2.48. The number of aromatic nitrogens is 2. The second kappa shape index (κ2) is 9.54. The Bertz CT molecular complexity index is 959. The third-order valence-corrected chi connectivity index (χ3v) is 3.93. The van der Waals surface area contributed by atoms with Crippen LogP contribution in [0.4, 0.5) is 5.82 Å². The molecule has 3 N–H and O–H groups in total. The van der Waals surface area contributed by atoms with Crippen LogP contribution in [-0.2, 0) is 16.1 Å². The number of nitrogens with zero attached hydrogens (tertiary/aromatic N) is 1. The van der Waals surface area contributed by atoms with Gasteiger partial charge in [0.05, 0.1) is 13.0 Å². The zero-order valence-corrected chi connectivity index (χ0v) is 15.8. The van der Waals surface area contributed by atoms with Gasteiger partial charge in [0, 0.05) is 6.54 Å². The van der Waals surface area contributed by atoms with E-state index in [1.165, 1.54) is 0 Å². The Hall–Kier alpha value is -3.36. The van der Waals surface area contributed by atoms with E-state index in [2.05, 4.69) is 0 Å². The van der Waals surface area contributed by atoms with Crippen LogP contribution in [0.15, 0.2) is 33.9 Å². The minimum absolute atomic E-state index is 0.0671. The molecule has 0 fully saturated rings. The number of carbonyl (C=O) groups is 2. The summed E-state index contributed by atoms with van der Waals surface area (Å²) in [6.07, 6.45) is 0.516. The molecule has 9 heteroatoms. The van der Waals surface area contributed by atoms with Gasteiger partial charge in [0.25, 0.3) is 5.56 Å². The molecular weight excluding hydrogens is 366 g/mol. The molecule has 0 amide bonds. The molecule has 0 aliphatic heterocycles. The van der Waals surface area contributed by atoms with Gasteiger partial charge in [0.1, 0.15) is 17.1 Å². The van der Waals surface area contributed by atoms with Crippen LogP contribution in [0.3, 0.4) is 0 Å². The topological polar surface area (TPSA) is 133 Å². The predicted molar refractivity (Wildman–Crippen MR) is 103 cm³/mol. The van der Waals surface area contributed by atoms with Crippen LogP contribution in [0.25, 0.3) is 0 Å². The highest BCUT2D eigenvalue weighted by molar-refractivity contribution is 6.01. The quantitative estimate of drug-likeness (QED) is 0.483. The summed E-state index contributed by atoms with van der Waals surface area (Å²) in [4.78, 5) is 49.8. The summed E-state index contributed by atoms with van der Waals surface area (Å²) in [5, 5.41) is 0. The van der Waals surface area contributed by atoms with Crippen LogP contribution in [-0.4, -0.2) is 34.5 Å². The Balaban J connectivity index is 1.92. The number of ether oxygens (including phenoxy) is 2. The van der Waals surface area contributed by atoms with Crippen LogP contribution < -0.4 is 21.7 Å². The SMILES string of the molecule is CCCn1c(N)c(C(=O)COC(=O)CCOc2ccc(C)cc2)c(=O)[nH]c1=O. The van der Waals surface area contributed by atoms with Gasteiger partial charge in [-0.1, -0.05) is 24.6 Å². The van der Waals surface area contributed by atoms with Gasteiger partial charge in [0.15, 0.2) is 6.61 Å². The standard InChI is InChI=1S/C19H23N3O6/c1-3-9-22-17(20)16(18(25)21-19(22)26)14(23)11-28-15(24)8-10-27-13-6-4-12(2)5-7-13/h4-7H,3,8-11,20H2,1-2H3,(H,21,25,26). The number of anilines is 1. The zero-order chi connectivity index (χ0) is 20.7. The molecule has 0 aliphatic carbocycles. The number of aryl methyl sites for hydroxylation is 1. The van der Waals surface area contributed by atoms with Gasteiger partial charge < -0.3 is 15.2 Å². The molecule has 0 saturated carbocycles. The number of carbonyl (C=O) groups excluding carboxylic acids is 2. The Morgan fingerprint density at radius 2 is 1.86 bits per heavy atom. The fraction of sp³-hybridized carbons (Fsp3) is 0.368. The van der Waals surface area contributed by atoms with Crippen molar-refractivity contribution >= 4 is 17.6 Å². The molecule has 1 heterocycles. The average molecular weight is 389 g/mol. The molecule has 0 radical (unpaired) electrons. The zero-order valence-electron chi connectivity index (χ0n) is 15.8. The molecule has 1 aromatic heterocycles. The van der Waals surface area contributed by atoms with Crippen LogP contribution in [0, 0.1) is 6.92 Å². The minimum Gasteiger partial charge on any atom is -0.493 e. The summed E-state index contributed by atoms with van der Waals surface area (Å²) in [5.74, 6) is -1.06. The molecule has 2 aromatic rings. The number of Topliss-reactive ketones (excluding diaryl/α,β-unsaturated/α-hetero) is 1. The minimum atomic E-state index is -0.904. The second-order valence-electron chi connectivity index (χ2n) is 6.17. The maximum atomic E-state index is 12.3. The van der Waals surface area contributed by atoms with E-state index >= 15 is 0 Å². The van der Waals surface area contributed by atoms with Crippen molar-refractivity contribution in [3.63, 3.8) is 0 Å². The number of nitrogens with one attached hydrogen (secondary N) is 1. The lowest BCUT2D eigenvalue weighted by Gasteiger charge is -2.11. The number of benzene rings is 1. The number of H-pyrrole nitrogens is 1. The number of hydrogen-bond donors (Lipinski definition) is 2. The van der Waals surface area contributed by atoms with Crippen molar-refractivity contribution in [3.8, 4) is 5.75 Å². The van der Waals surface area contributed by atoms with Crippen molar-refractivity contribution in [2.24, 2.45) is 0 Å². The first-order chi connectivity index (χ1) is 13.3. The van der Waals surface area contributed by atoms with E-state index in [0.717, 1.165) is 10.1 Å². The van der Waals surface area contributed by atoms with Crippen LogP contribution in [0.5, 0.6) is 5.75 Å². The smallest absolute Gasteiger partial charge is 0.329 e. The van der Waals surface area contributed by atoms with Crippen LogP contribution >= 0.6 is 0 Å². The molecule has 0 atom stereocenters. The number of hydrogen-bond acceptors (Lipinski definition) is 7. The van der Waals surface area contributed by atoms with E-state index in [9.17, 15) is 19.2 Å². The van der Waals surface area contributed by atoms with E-state index < -0.39 is 35.2 Å². The predicted octanol–water partition coefficient (Wildman–Crippen LogP) is 1.03. The normalized spacial score (nSPS) is 10.5. The average Bonchev–Trinajstić information content (AvgIpc) is 2.65. The van der Waals surface area contributed by atoms with Crippen molar-refractivity contribution in [1.82, 2.24) is 9.55 Å². The molecule has 0 bridgehead atoms. The lowest BCUT2D eigenvalue weighted by molar-refractivity contribution is -0.143. The maximum absolute atomic E-state index is 12.3. The Kier molecular flexibility index (Phi) is 7.14. The summed E-state index contributed by atoms with van der Waals surface area (Å²) in [6.45, 7) is 3.45. The molecule has 9 nitrogen and oxygen atoms in total. The van der Waals surface area contributed by atoms with Gasteiger partial charge >= 0.3 is 11.7 Å². The van der Waals surface area contributed by atoms with Crippen LogP contribution in [0.1, 0.15) is 35.7 Å². The largest absolute Gasteiger partial charge is 0.493 e. The van der Waals surface area contributed by atoms with E-state index in [4.69, 9.17) is 15.2 Å². The fourth-order valence-corrected chi connectivity index (χ4v) is 2.48. The molecule has 28 heavy (non-hydrogen) atoms. The number of rotatable bonds is 9. The number of ketones is 1. The van der Waals surface area contributed by atoms with Crippen molar-refractivity contribution in [2.75, 3.05) is 18.9 Å². The molecule has 0 aliphatic rings. The maximum Gasteiger partial charge on any atom is 0.329 e. The van der Waals surface area contributed by atoms with Gasteiger partial charge in [-0.2, -0.15) is 0 Å². The van der Waals surface area contributed by atoms with E-state index in [1.807, 2.05) is 31.0 Å².